The Morgan fingerprint density at radius 2 is 1.91 bits per heavy atom. The molecule has 4 rings (SSSR count). The summed E-state index contributed by atoms with van der Waals surface area (Å²) in [6.07, 6.45) is 5.17. The molecule has 0 spiro atoms. The highest BCUT2D eigenvalue weighted by Crippen LogP contribution is 2.31. The van der Waals surface area contributed by atoms with Gasteiger partial charge in [0.05, 0.1) is 29.7 Å². The number of amides is 1. The van der Waals surface area contributed by atoms with Crippen LogP contribution in [0.25, 0.3) is 5.69 Å². The van der Waals surface area contributed by atoms with Crippen LogP contribution in [0, 0.1) is 0 Å². The maximum atomic E-state index is 13.6. The number of para-hydroxylation sites is 1. The first kappa shape index (κ1) is 22.1. The zero-order valence-electron chi connectivity index (χ0n) is 18.2. The number of tetrazole rings is 1. The van der Waals surface area contributed by atoms with Crippen LogP contribution < -0.4 is 26.8 Å². The molecule has 172 valence electrons. The number of methoxy groups -OCH3 is 1. The monoisotopic (exact) mass is 451 g/mol. The second-order valence-electron chi connectivity index (χ2n) is 7.85. The molecular weight excluding hydrogens is 426 g/mol. The van der Waals surface area contributed by atoms with Gasteiger partial charge < -0.3 is 16.2 Å². The third-order valence-corrected chi connectivity index (χ3v) is 5.87. The Labute approximate surface area is 189 Å². The molecule has 1 heterocycles. The number of rotatable bonds is 5. The number of nitrogen functional groups attached to an aromatic ring is 2. The molecule has 0 aliphatic heterocycles. The van der Waals surface area contributed by atoms with Gasteiger partial charge in [-0.15, -0.1) is 4.68 Å². The quantitative estimate of drug-likeness (QED) is 0.340. The van der Waals surface area contributed by atoms with Crippen molar-refractivity contribution in [1.82, 2.24) is 19.8 Å². The Morgan fingerprint density at radius 3 is 2.61 bits per heavy atom. The van der Waals surface area contributed by atoms with Gasteiger partial charge in [0, 0.05) is 11.7 Å². The van der Waals surface area contributed by atoms with Crippen molar-refractivity contribution in [2.75, 3.05) is 23.5 Å². The molecule has 2 aromatic carbocycles. The van der Waals surface area contributed by atoms with Crippen LogP contribution in [0.5, 0.6) is 5.75 Å². The standard InChI is InChI=1S/C22H25N7O4/c1-33-19-11-10-16(12-14(19)13-30)27(15-6-3-2-4-7-15)21(31)29-22(32)28(25-26-29)18-9-5-8-17(23)20(18)24/h5,8-13,15H,2-4,6-7,23-24H2,1H3. The van der Waals surface area contributed by atoms with Crippen LogP contribution in [0.4, 0.5) is 21.9 Å². The van der Waals surface area contributed by atoms with Gasteiger partial charge in [0.1, 0.15) is 5.75 Å². The topological polar surface area (TPSA) is 151 Å². The van der Waals surface area contributed by atoms with Crippen molar-refractivity contribution >= 4 is 29.4 Å². The third kappa shape index (κ3) is 4.04. The summed E-state index contributed by atoms with van der Waals surface area (Å²) in [5, 5.41) is 7.66. The zero-order valence-corrected chi connectivity index (χ0v) is 18.2. The summed E-state index contributed by atoms with van der Waals surface area (Å²) in [6, 6.07) is 8.84. The molecule has 33 heavy (non-hydrogen) atoms. The zero-order chi connectivity index (χ0) is 23.5. The number of anilines is 3. The smallest absolute Gasteiger partial charge is 0.377 e. The highest BCUT2D eigenvalue weighted by atomic mass is 16.5. The lowest BCUT2D eigenvalue weighted by molar-refractivity contribution is 0.112. The molecule has 0 saturated heterocycles. The van der Waals surface area contributed by atoms with E-state index in [1.54, 1.807) is 36.4 Å². The molecule has 1 aliphatic carbocycles. The van der Waals surface area contributed by atoms with Crippen molar-refractivity contribution in [3.8, 4) is 11.4 Å². The summed E-state index contributed by atoms with van der Waals surface area (Å²) < 4.78 is 6.85. The molecule has 1 aromatic heterocycles. The van der Waals surface area contributed by atoms with E-state index in [1.807, 2.05) is 0 Å². The van der Waals surface area contributed by atoms with Crippen LogP contribution in [0.3, 0.4) is 0 Å². The van der Waals surface area contributed by atoms with Gasteiger partial charge in [-0.1, -0.05) is 25.3 Å². The average molecular weight is 451 g/mol. The minimum absolute atomic E-state index is 0.159. The maximum absolute atomic E-state index is 13.6. The van der Waals surface area contributed by atoms with E-state index >= 15 is 0 Å². The van der Waals surface area contributed by atoms with Crippen molar-refractivity contribution < 1.29 is 14.3 Å². The highest BCUT2D eigenvalue weighted by molar-refractivity contribution is 5.95. The van der Waals surface area contributed by atoms with Gasteiger partial charge in [0.25, 0.3) is 0 Å². The Kier molecular flexibility index (Phi) is 6.11. The summed E-state index contributed by atoms with van der Waals surface area (Å²) in [5.41, 5.74) is 12.5. The first-order valence-electron chi connectivity index (χ1n) is 10.6. The molecule has 1 amide bonds. The molecule has 3 aromatic rings. The lowest BCUT2D eigenvalue weighted by Crippen LogP contribution is -2.47. The molecule has 0 bridgehead atoms. The molecule has 0 unspecified atom stereocenters. The van der Waals surface area contributed by atoms with Crippen molar-refractivity contribution in [1.29, 1.82) is 0 Å². The predicted octanol–water partition coefficient (Wildman–Crippen LogP) is 2.22. The number of carbonyl (C=O) groups excluding carboxylic acids is 2. The maximum Gasteiger partial charge on any atom is 0.377 e. The summed E-state index contributed by atoms with van der Waals surface area (Å²) in [6.45, 7) is 0. The average Bonchev–Trinajstić information content (AvgIpc) is 3.22. The summed E-state index contributed by atoms with van der Waals surface area (Å²) in [5.74, 6) is 0.394. The Bertz CT molecular complexity index is 1240. The van der Waals surface area contributed by atoms with Crippen LogP contribution in [0.15, 0.2) is 41.2 Å². The van der Waals surface area contributed by atoms with Gasteiger partial charge in [0.2, 0.25) is 0 Å². The van der Waals surface area contributed by atoms with E-state index in [0.717, 1.165) is 36.8 Å². The SMILES string of the molecule is COc1ccc(N(C(=O)n2nnn(-c3cccc(N)c3N)c2=O)C2CCCCC2)cc1C=O. The largest absolute Gasteiger partial charge is 0.496 e. The van der Waals surface area contributed by atoms with E-state index in [2.05, 4.69) is 10.4 Å². The van der Waals surface area contributed by atoms with Gasteiger partial charge >= 0.3 is 11.7 Å². The first-order valence-corrected chi connectivity index (χ1v) is 10.6. The summed E-state index contributed by atoms with van der Waals surface area (Å²) in [7, 11) is 1.46. The van der Waals surface area contributed by atoms with Crippen LogP contribution >= 0.6 is 0 Å². The van der Waals surface area contributed by atoms with E-state index in [0.29, 0.717) is 28.0 Å². The van der Waals surface area contributed by atoms with Crippen LogP contribution in [0.1, 0.15) is 42.5 Å². The van der Waals surface area contributed by atoms with Gasteiger partial charge in [-0.2, -0.15) is 4.68 Å². The predicted molar refractivity (Wildman–Crippen MR) is 123 cm³/mol. The van der Waals surface area contributed by atoms with E-state index in [1.165, 1.54) is 12.0 Å². The number of nitrogens with zero attached hydrogens (tertiary/aromatic N) is 5. The minimum atomic E-state index is -0.776. The molecule has 4 N–H and O–H groups in total. The number of ether oxygens (including phenoxy) is 1. The number of aldehydes is 1. The highest BCUT2D eigenvalue weighted by Gasteiger charge is 2.31. The van der Waals surface area contributed by atoms with Crippen LogP contribution in [-0.4, -0.2) is 45.3 Å². The molecule has 11 nitrogen and oxygen atoms in total. The molecular formula is C22H25N7O4. The van der Waals surface area contributed by atoms with Crippen molar-refractivity contribution in [2.24, 2.45) is 0 Å². The van der Waals surface area contributed by atoms with E-state index < -0.39 is 11.7 Å². The lowest BCUT2D eigenvalue weighted by Gasteiger charge is -2.33. The van der Waals surface area contributed by atoms with Gasteiger partial charge in [-0.05, 0) is 53.6 Å². The molecule has 1 fully saturated rings. The number of carbonyl (C=O) groups is 2. The third-order valence-electron chi connectivity index (χ3n) is 5.87. The second-order valence-corrected chi connectivity index (χ2v) is 7.85. The van der Waals surface area contributed by atoms with Gasteiger partial charge in [-0.3, -0.25) is 9.69 Å². The Morgan fingerprint density at radius 1 is 1.15 bits per heavy atom. The minimum Gasteiger partial charge on any atom is -0.496 e. The molecule has 1 saturated carbocycles. The van der Waals surface area contributed by atoms with Crippen LogP contribution in [0.2, 0.25) is 0 Å². The van der Waals surface area contributed by atoms with E-state index in [4.69, 9.17) is 16.2 Å². The fourth-order valence-electron chi connectivity index (χ4n) is 4.16. The molecule has 1 aliphatic rings. The fourth-order valence-corrected chi connectivity index (χ4v) is 4.16. The normalized spacial score (nSPS) is 14.1. The van der Waals surface area contributed by atoms with Crippen molar-refractivity contribution in [2.45, 2.75) is 38.1 Å². The number of aromatic nitrogens is 4. The number of nitrogens with two attached hydrogens (primary N) is 2. The summed E-state index contributed by atoms with van der Waals surface area (Å²) in [4.78, 5) is 39.8. The molecule has 0 atom stereocenters. The first-order chi connectivity index (χ1) is 16.0. The lowest BCUT2D eigenvalue weighted by atomic mass is 9.94. The number of benzene rings is 2. The second kappa shape index (κ2) is 9.15. The molecule has 0 radical (unpaired) electrons. The van der Waals surface area contributed by atoms with Crippen LogP contribution in [-0.2, 0) is 0 Å². The number of hydrogen-bond acceptors (Lipinski definition) is 8. The molecule has 11 heteroatoms. The van der Waals surface area contributed by atoms with Gasteiger partial charge in [0.15, 0.2) is 6.29 Å². The van der Waals surface area contributed by atoms with E-state index in [-0.39, 0.29) is 23.1 Å². The van der Waals surface area contributed by atoms with E-state index in [9.17, 15) is 14.4 Å². The van der Waals surface area contributed by atoms with Gasteiger partial charge in [-0.25, -0.2) is 9.59 Å². The summed E-state index contributed by atoms with van der Waals surface area (Å²) >= 11 is 0. The Hall–Kier alpha value is -4.15. The van der Waals surface area contributed by atoms with Crippen molar-refractivity contribution in [3.63, 3.8) is 0 Å². The number of hydrogen-bond donors (Lipinski definition) is 2. The van der Waals surface area contributed by atoms with Crippen molar-refractivity contribution in [3.05, 3.63) is 52.4 Å². The fraction of sp³-hybridized carbons (Fsp3) is 0.318. The Balaban J connectivity index is 1.78.